The quantitative estimate of drug-likeness (QED) is 0.719. The van der Waals surface area contributed by atoms with Crippen LogP contribution in [-0.2, 0) is 11.2 Å². The first-order chi connectivity index (χ1) is 12.7. The molecule has 1 atom stereocenters. The van der Waals surface area contributed by atoms with Crippen molar-refractivity contribution in [2.45, 2.75) is 13.3 Å². The first-order valence-electron chi connectivity index (χ1n) is 8.78. The van der Waals surface area contributed by atoms with Gasteiger partial charge in [0.15, 0.2) is 5.65 Å². The molecule has 4 rings (SSSR count). The number of amides is 1. The number of ether oxygens (including phenoxy) is 1. The molecule has 3 aromatic heterocycles. The summed E-state index contributed by atoms with van der Waals surface area (Å²) in [6, 6.07) is 7.59. The van der Waals surface area contributed by atoms with Gasteiger partial charge in [0, 0.05) is 43.3 Å². The molecule has 3 aromatic rings. The van der Waals surface area contributed by atoms with Crippen molar-refractivity contribution >= 4 is 11.6 Å². The van der Waals surface area contributed by atoms with Crippen molar-refractivity contribution in [2.75, 3.05) is 26.3 Å². The van der Waals surface area contributed by atoms with Gasteiger partial charge in [0.2, 0.25) is 0 Å². The fourth-order valence-electron chi connectivity index (χ4n) is 3.33. The Labute approximate surface area is 151 Å². The van der Waals surface area contributed by atoms with E-state index in [1.165, 1.54) is 0 Å². The first-order valence-corrected chi connectivity index (χ1v) is 8.78. The van der Waals surface area contributed by atoms with Crippen molar-refractivity contribution in [3.05, 3.63) is 59.8 Å². The van der Waals surface area contributed by atoms with Crippen LogP contribution >= 0.6 is 0 Å². The monoisotopic (exact) mass is 351 g/mol. The minimum Gasteiger partial charge on any atom is -0.379 e. The SMILES string of the molecule is Cc1ncccc1C(=O)N1CCOCC(Cc2ccc3nccn3n2)C1. The van der Waals surface area contributed by atoms with Crippen LogP contribution in [0, 0.1) is 12.8 Å². The molecule has 0 aliphatic carbocycles. The number of carbonyl (C=O) groups excluding carboxylic acids is 1. The lowest BCUT2D eigenvalue weighted by Gasteiger charge is -2.24. The standard InChI is InChI=1S/C19H21N5O2/c1-14-17(3-2-6-20-14)19(25)23-9-10-26-13-15(12-23)11-16-4-5-18-21-7-8-24(18)22-16/h2-8,15H,9-13H2,1H3. The molecular formula is C19H21N5O2. The maximum Gasteiger partial charge on any atom is 0.255 e. The molecule has 0 radical (unpaired) electrons. The summed E-state index contributed by atoms with van der Waals surface area (Å²) >= 11 is 0. The number of aryl methyl sites for hydroxylation is 1. The van der Waals surface area contributed by atoms with Gasteiger partial charge in [0.1, 0.15) is 0 Å². The number of rotatable bonds is 3. The van der Waals surface area contributed by atoms with E-state index in [4.69, 9.17) is 4.74 Å². The molecule has 1 aliphatic rings. The summed E-state index contributed by atoms with van der Waals surface area (Å²) in [5.74, 6) is 0.219. The number of fused-ring (bicyclic) bond motifs is 1. The van der Waals surface area contributed by atoms with E-state index >= 15 is 0 Å². The summed E-state index contributed by atoms with van der Waals surface area (Å²) in [6.07, 6.45) is 6.03. The Bertz CT molecular complexity index is 923. The normalized spacial score (nSPS) is 18.0. The van der Waals surface area contributed by atoms with Crippen LogP contribution in [0.2, 0.25) is 0 Å². The third-order valence-corrected chi connectivity index (χ3v) is 4.67. The minimum absolute atomic E-state index is 0.0177. The zero-order chi connectivity index (χ0) is 17.9. The van der Waals surface area contributed by atoms with Gasteiger partial charge in [0.05, 0.1) is 24.5 Å². The molecule has 26 heavy (non-hydrogen) atoms. The van der Waals surface area contributed by atoms with Crippen LogP contribution in [0.3, 0.4) is 0 Å². The first kappa shape index (κ1) is 16.7. The lowest BCUT2D eigenvalue weighted by molar-refractivity contribution is 0.0736. The highest BCUT2D eigenvalue weighted by molar-refractivity contribution is 5.95. The molecule has 1 fully saturated rings. The number of hydrogen-bond donors (Lipinski definition) is 0. The Hall–Kier alpha value is -2.80. The highest BCUT2D eigenvalue weighted by Gasteiger charge is 2.25. The summed E-state index contributed by atoms with van der Waals surface area (Å²) in [5.41, 5.74) is 3.21. The molecule has 1 unspecified atom stereocenters. The number of nitrogens with zero attached hydrogens (tertiary/aromatic N) is 5. The number of carbonyl (C=O) groups is 1. The smallest absolute Gasteiger partial charge is 0.255 e. The molecule has 0 saturated carbocycles. The molecular weight excluding hydrogens is 330 g/mol. The molecule has 4 heterocycles. The van der Waals surface area contributed by atoms with E-state index in [0.29, 0.717) is 31.9 Å². The van der Waals surface area contributed by atoms with E-state index in [0.717, 1.165) is 23.5 Å². The Morgan fingerprint density at radius 3 is 3.08 bits per heavy atom. The maximum absolute atomic E-state index is 12.9. The van der Waals surface area contributed by atoms with Crippen molar-refractivity contribution in [1.82, 2.24) is 24.5 Å². The van der Waals surface area contributed by atoms with Gasteiger partial charge < -0.3 is 9.64 Å². The molecule has 0 spiro atoms. The average Bonchev–Trinajstić information content (AvgIpc) is 2.99. The molecule has 1 aliphatic heterocycles. The second kappa shape index (κ2) is 7.21. The van der Waals surface area contributed by atoms with Gasteiger partial charge in [-0.25, -0.2) is 9.50 Å². The predicted octanol–water partition coefficient (Wildman–Crippen LogP) is 1.76. The summed E-state index contributed by atoms with van der Waals surface area (Å²) in [6.45, 7) is 4.28. The Balaban J connectivity index is 1.50. The van der Waals surface area contributed by atoms with Crippen molar-refractivity contribution in [3.8, 4) is 0 Å². The number of aromatic nitrogens is 4. The van der Waals surface area contributed by atoms with Gasteiger partial charge in [-0.05, 0) is 37.6 Å². The van der Waals surface area contributed by atoms with Crippen LogP contribution in [0.5, 0.6) is 0 Å². The van der Waals surface area contributed by atoms with Crippen molar-refractivity contribution in [2.24, 2.45) is 5.92 Å². The molecule has 134 valence electrons. The number of imidazole rings is 1. The minimum atomic E-state index is 0.0177. The highest BCUT2D eigenvalue weighted by Crippen LogP contribution is 2.16. The lowest BCUT2D eigenvalue weighted by Crippen LogP contribution is -2.37. The van der Waals surface area contributed by atoms with Gasteiger partial charge in [-0.1, -0.05) is 0 Å². The predicted molar refractivity (Wildman–Crippen MR) is 95.9 cm³/mol. The van der Waals surface area contributed by atoms with Crippen LogP contribution < -0.4 is 0 Å². The largest absolute Gasteiger partial charge is 0.379 e. The van der Waals surface area contributed by atoms with E-state index < -0.39 is 0 Å². The molecule has 0 aromatic carbocycles. The van der Waals surface area contributed by atoms with E-state index in [2.05, 4.69) is 15.1 Å². The van der Waals surface area contributed by atoms with Crippen LogP contribution in [0.15, 0.2) is 42.9 Å². The van der Waals surface area contributed by atoms with E-state index in [-0.39, 0.29) is 11.8 Å². The summed E-state index contributed by atoms with van der Waals surface area (Å²) in [5, 5.41) is 4.59. The summed E-state index contributed by atoms with van der Waals surface area (Å²) in [7, 11) is 0. The van der Waals surface area contributed by atoms with Crippen molar-refractivity contribution in [1.29, 1.82) is 0 Å². The van der Waals surface area contributed by atoms with Crippen molar-refractivity contribution in [3.63, 3.8) is 0 Å². The second-order valence-corrected chi connectivity index (χ2v) is 6.59. The molecule has 1 saturated heterocycles. The van der Waals surface area contributed by atoms with Gasteiger partial charge in [-0.3, -0.25) is 9.78 Å². The fraction of sp³-hybridized carbons (Fsp3) is 0.368. The fourth-order valence-corrected chi connectivity index (χ4v) is 3.33. The van der Waals surface area contributed by atoms with Gasteiger partial charge in [-0.2, -0.15) is 5.10 Å². The zero-order valence-electron chi connectivity index (χ0n) is 14.7. The average molecular weight is 351 g/mol. The Kier molecular flexibility index (Phi) is 4.62. The molecule has 0 N–H and O–H groups in total. The van der Waals surface area contributed by atoms with E-state index in [1.54, 1.807) is 23.0 Å². The molecule has 7 nitrogen and oxygen atoms in total. The number of hydrogen-bond acceptors (Lipinski definition) is 5. The highest BCUT2D eigenvalue weighted by atomic mass is 16.5. The Morgan fingerprint density at radius 1 is 1.27 bits per heavy atom. The third-order valence-electron chi connectivity index (χ3n) is 4.67. The lowest BCUT2D eigenvalue weighted by atomic mass is 10.0. The molecule has 1 amide bonds. The Morgan fingerprint density at radius 2 is 2.19 bits per heavy atom. The van der Waals surface area contributed by atoms with Crippen molar-refractivity contribution < 1.29 is 9.53 Å². The summed E-state index contributed by atoms with van der Waals surface area (Å²) in [4.78, 5) is 23.2. The van der Waals surface area contributed by atoms with Gasteiger partial charge in [0.25, 0.3) is 5.91 Å². The van der Waals surface area contributed by atoms with Gasteiger partial charge >= 0.3 is 0 Å². The molecule has 0 bridgehead atoms. The topological polar surface area (TPSA) is 72.6 Å². The summed E-state index contributed by atoms with van der Waals surface area (Å²) < 4.78 is 7.51. The van der Waals surface area contributed by atoms with Crippen LogP contribution in [0.25, 0.3) is 5.65 Å². The van der Waals surface area contributed by atoms with Crippen LogP contribution in [-0.4, -0.2) is 56.7 Å². The third kappa shape index (κ3) is 3.43. The second-order valence-electron chi connectivity index (χ2n) is 6.59. The maximum atomic E-state index is 12.9. The zero-order valence-corrected chi connectivity index (χ0v) is 14.7. The van der Waals surface area contributed by atoms with Crippen LogP contribution in [0.4, 0.5) is 0 Å². The van der Waals surface area contributed by atoms with Gasteiger partial charge in [-0.15, -0.1) is 0 Å². The van der Waals surface area contributed by atoms with E-state index in [1.807, 2.05) is 36.2 Å². The molecule has 7 heteroatoms. The number of pyridine rings is 1. The van der Waals surface area contributed by atoms with E-state index in [9.17, 15) is 4.79 Å². The van der Waals surface area contributed by atoms with Crippen LogP contribution in [0.1, 0.15) is 21.7 Å².